The van der Waals surface area contributed by atoms with Crippen LogP contribution in [-0.4, -0.2) is 21.5 Å². The fraction of sp³-hybridized carbons (Fsp3) is 0.450. The molecule has 24 heavy (non-hydrogen) atoms. The predicted octanol–water partition coefficient (Wildman–Crippen LogP) is 4.31. The molecule has 1 aromatic heterocycles. The van der Waals surface area contributed by atoms with Crippen LogP contribution in [0.25, 0.3) is 0 Å². The number of benzene rings is 1. The van der Waals surface area contributed by atoms with Crippen LogP contribution in [0.2, 0.25) is 0 Å². The van der Waals surface area contributed by atoms with Gasteiger partial charge in [-0.3, -0.25) is 9.88 Å². The summed E-state index contributed by atoms with van der Waals surface area (Å²) in [5, 5.41) is 0. The van der Waals surface area contributed by atoms with Crippen molar-refractivity contribution in [2.24, 2.45) is 5.92 Å². The van der Waals surface area contributed by atoms with Gasteiger partial charge in [-0.25, -0.2) is 0 Å². The fourth-order valence-electron chi connectivity index (χ4n) is 5.23. The zero-order chi connectivity index (χ0) is 16.5. The van der Waals surface area contributed by atoms with Crippen molar-refractivity contribution >= 4 is 21.6 Å². The summed E-state index contributed by atoms with van der Waals surface area (Å²) in [4.78, 5) is 7.56. The van der Waals surface area contributed by atoms with Crippen LogP contribution in [0.5, 0.6) is 0 Å². The summed E-state index contributed by atoms with van der Waals surface area (Å²) in [6.07, 6.45) is 7.11. The van der Waals surface area contributed by atoms with Crippen molar-refractivity contribution in [3.05, 3.63) is 57.8 Å². The molecule has 2 bridgehead atoms. The first-order valence-corrected chi connectivity index (χ1v) is 9.63. The molecule has 2 aromatic rings. The van der Waals surface area contributed by atoms with E-state index in [0.29, 0.717) is 11.6 Å². The van der Waals surface area contributed by atoms with E-state index in [1.807, 2.05) is 12.3 Å². The molecule has 124 valence electrons. The van der Waals surface area contributed by atoms with E-state index in [2.05, 4.69) is 52.0 Å². The van der Waals surface area contributed by atoms with Gasteiger partial charge in [0.2, 0.25) is 0 Å². The summed E-state index contributed by atoms with van der Waals surface area (Å²) in [7, 11) is 0. The molecule has 3 aliphatic carbocycles. The average molecular weight is 384 g/mol. The van der Waals surface area contributed by atoms with Gasteiger partial charge in [0, 0.05) is 27.9 Å². The molecule has 2 heterocycles. The molecule has 3 nitrogen and oxygen atoms in total. The molecule has 2 atom stereocenters. The maximum atomic E-state index is 6.06. The van der Waals surface area contributed by atoms with Gasteiger partial charge >= 0.3 is 0 Å². The largest absolute Gasteiger partial charge is 0.399 e. The minimum absolute atomic E-state index is 0.249. The molecule has 4 aliphatic rings. The molecule has 0 spiro atoms. The highest BCUT2D eigenvalue weighted by atomic mass is 79.9. The van der Waals surface area contributed by atoms with Gasteiger partial charge in [0.25, 0.3) is 0 Å². The molecule has 2 N–H and O–H groups in total. The van der Waals surface area contributed by atoms with Gasteiger partial charge in [0.05, 0.1) is 11.7 Å². The molecule has 0 amide bonds. The Balaban J connectivity index is 1.66. The topological polar surface area (TPSA) is 42.1 Å². The minimum Gasteiger partial charge on any atom is -0.399 e. The van der Waals surface area contributed by atoms with Gasteiger partial charge in [-0.05, 0) is 89.8 Å². The van der Waals surface area contributed by atoms with Gasteiger partial charge in [-0.1, -0.05) is 6.07 Å². The van der Waals surface area contributed by atoms with Crippen LogP contribution in [0.3, 0.4) is 0 Å². The third kappa shape index (κ3) is 2.02. The molecule has 1 aliphatic heterocycles. The lowest BCUT2D eigenvalue weighted by Gasteiger charge is -2.70. The van der Waals surface area contributed by atoms with Crippen LogP contribution in [0.1, 0.15) is 49.0 Å². The Labute approximate surface area is 151 Å². The van der Waals surface area contributed by atoms with Crippen molar-refractivity contribution in [2.45, 2.75) is 50.2 Å². The number of pyridine rings is 1. The number of aromatic nitrogens is 1. The maximum Gasteiger partial charge on any atom is 0.0786 e. The van der Waals surface area contributed by atoms with E-state index >= 15 is 0 Å². The monoisotopic (exact) mass is 383 g/mol. The number of hydrogen-bond donors (Lipinski definition) is 1. The first-order valence-electron chi connectivity index (χ1n) is 8.84. The number of rotatable bonds is 2. The van der Waals surface area contributed by atoms with Crippen LogP contribution in [0.15, 0.2) is 41.0 Å². The van der Waals surface area contributed by atoms with Crippen molar-refractivity contribution in [1.29, 1.82) is 0 Å². The lowest BCUT2D eigenvalue weighted by Crippen LogP contribution is -2.71. The third-order valence-corrected chi connectivity index (χ3v) is 6.78. The fourth-order valence-corrected chi connectivity index (χ4v) is 5.47. The molecule has 6 rings (SSSR count). The van der Waals surface area contributed by atoms with E-state index in [1.165, 1.54) is 30.4 Å². The summed E-state index contributed by atoms with van der Waals surface area (Å²) in [5.41, 5.74) is 11.3. The van der Waals surface area contributed by atoms with Gasteiger partial charge in [0.15, 0.2) is 0 Å². The summed E-state index contributed by atoms with van der Waals surface area (Å²) < 4.78 is 1.03. The second-order valence-corrected chi connectivity index (χ2v) is 8.84. The molecule has 1 aromatic carbocycles. The van der Waals surface area contributed by atoms with E-state index in [9.17, 15) is 0 Å². The van der Waals surface area contributed by atoms with Crippen LogP contribution in [-0.2, 0) is 6.42 Å². The van der Waals surface area contributed by atoms with Crippen molar-refractivity contribution in [3.8, 4) is 0 Å². The minimum atomic E-state index is 0.249. The van der Waals surface area contributed by atoms with Crippen molar-refractivity contribution < 1.29 is 0 Å². The van der Waals surface area contributed by atoms with E-state index in [1.54, 1.807) is 0 Å². The molecule has 3 fully saturated rings. The summed E-state index contributed by atoms with van der Waals surface area (Å²) >= 11 is 3.52. The molecular formula is C20H22BrN3. The molecule has 0 saturated heterocycles. The van der Waals surface area contributed by atoms with Gasteiger partial charge in [0.1, 0.15) is 0 Å². The highest BCUT2D eigenvalue weighted by Crippen LogP contribution is 2.64. The highest BCUT2D eigenvalue weighted by molar-refractivity contribution is 9.10. The molecule has 0 radical (unpaired) electrons. The number of nitrogens with zero attached hydrogens (tertiary/aromatic N) is 2. The van der Waals surface area contributed by atoms with E-state index in [-0.39, 0.29) is 6.04 Å². The van der Waals surface area contributed by atoms with Gasteiger partial charge in [-0.2, -0.15) is 0 Å². The molecular weight excluding hydrogens is 362 g/mol. The predicted molar refractivity (Wildman–Crippen MR) is 99.7 cm³/mol. The summed E-state index contributed by atoms with van der Waals surface area (Å²) in [6, 6.07) is 11.5. The van der Waals surface area contributed by atoms with Crippen molar-refractivity contribution in [2.75, 3.05) is 5.73 Å². The Morgan fingerprint density at radius 3 is 2.62 bits per heavy atom. The zero-order valence-corrected chi connectivity index (χ0v) is 15.5. The standard InChI is InChI=1S/C20H22BrN3/c1-12-6-14-7-16(22)3-4-17(14)19(18-5-2-15(21)11-23-18)24(12)20-8-13(9-20)10-20/h2-5,7,11-13,19H,6,8-10,22H2,1H3/t12-,13?,19+,20?/m1/s1. The van der Waals surface area contributed by atoms with Crippen LogP contribution >= 0.6 is 15.9 Å². The quantitative estimate of drug-likeness (QED) is 0.785. The molecule has 4 heteroatoms. The van der Waals surface area contributed by atoms with Crippen LogP contribution < -0.4 is 5.73 Å². The Kier molecular flexibility index (Phi) is 3.14. The Morgan fingerprint density at radius 1 is 1.21 bits per heavy atom. The van der Waals surface area contributed by atoms with E-state index in [4.69, 9.17) is 10.7 Å². The first-order chi connectivity index (χ1) is 11.6. The summed E-state index contributed by atoms with van der Waals surface area (Å²) in [5.74, 6) is 0.976. The SMILES string of the molecule is C[C@@H]1Cc2cc(N)ccc2[C@@H](c2ccc(Br)cn2)N1C12CC(C1)C2. The first kappa shape index (κ1) is 14.9. The number of hydrogen-bond acceptors (Lipinski definition) is 3. The second kappa shape index (κ2) is 5.06. The van der Waals surface area contributed by atoms with Crippen molar-refractivity contribution in [1.82, 2.24) is 9.88 Å². The highest BCUT2D eigenvalue weighted by Gasteiger charge is 2.62. The number of nitrogens with two attached hydrogens (primary N) is 1. The summed E-state index contributed by atoms with van der Waals surface area (Å²) in [6.45, 7) is 2.37. The number of halogens is 1. The lowest BCUT2D eigenvalue weighted by molar-refractivity contribution is -0.174. The Morgan fingerprint density at radius 2 is 2.00 bits per heavy atom. The molecule has 0 unspecified atom stereocenters. The lowest BCUT2D eigenvalue weighted by atomic mass is 9.48. The zero-order valence-electron chi connectivity index (χ0n) is 13.9. The smallest absolute Gasteiger partial charge is 0.0786 e. The Hall–Kier alpha value is -1.39. The number of anilines is 1. The van der Waals surface area contributed by atoms with Crippen molar-refractivity contribution in [3.63, 3.8) is 0 Å². The average Bonchev–Trinajstić information content (AvgIpc) is 2.46. The number of nitrogen functional groups attached to an aromatic ring is 1. The van der Waals surface area contributed by atoms with Crippen LogP contribution in [0, 0.1) is 5.92 Å². The molecule has 3 saturated carbocycles. The van der Waals surface area contributed by atoms with Gasteiger partial charge in [-0.15, -0.1) is 0 Å². The van der Waals surface area contributed by atoms with Gasteiger partial charge < -0.3 is 5.73 Å². The van der Waals surface area contributed by atoms with E-state index in [0.717, 1.165) is 28.2 Å². The maximum absolute atomic E-state index is 6.06. The Bertz CT molecular complexity index is 784. The van der Waals surface area contributed by atoms with E-state index < -0.39 is 0 Å². The second-order valence-electron chi connectivity index (χ2n) is 7.93. The normalized spacial score (nSPS) is 34.2. The number of fused-ring (bicyclic) bond motifs is 1. The van der Waals surface area contributed by atoms with Crippen LogP contribution in [0.4, 0.5) is 5.69 Å². The third-order valence-electron chi connectivity index (χ3n) is 6.31.